The van der Waals surface area contributed by atoms with Gasteiger partial charge in [-0.25, -0.2) is 9.78 Å². The zero-order valence-corrected chi connectivity index (χ0v) is 11.6. The summed E-state index contributed by atoms with van der Waals surface area (Å²) in [7, 11) is 0. The van der Waals surface area contributed by atoms with E-state index in [1.54, 1.807) is 0 Å². The van der Waals surface area contributed by atoms with Crippen LogP contribution in [0.25, 0.3) is 17.5 Å². The van der Waals surface area contributed by atoms with E-state index in [1.807, 2.05) is 0 Å². The number of alkyl halides is 6. The van der Waals surface area contributed by atoms with E-state index >= 15 is 0 Å². The van der Waals surface area contributed by atoms with Crippen LogP contribution < -0.4 is 0 Å². The molecule has 1 aromatic carbocycles. The lowest BCUT2D eigenvalue weighted by Gasteiger charge is -2.13. The van der Waals surface area contributed by atoms with Gasteiger partial charge in [-0.05, 0) is 18.2 Å². The van der Waals surface area contributed by atoms with Crippen molar-refractivity contribution < 1.29 is 36.2 Å². The van der Waals surface area contributed by atoms with E-state index in [9.17, 15) is 31.1 Å². The van der Waals surface area contributed by atoms with Crippen molar-refractivity contribution in [3.05, 3.63) is 47.9 Å². The summed E-state index contributed by atoms with van der Waals surface area (Å²) >= 11 is 0. The number of aromatic nitrogens is 2. The monoisotopic (exact) mass is 350 g/mol. The first-order chi connectivity index (χ1) is 11.0. The van der Waals surface area contributed by atoms with Crippen molar-refractivity contribution >= 4 is 12.2 Å². The highest BCUT2D eigenvalue weighted by Gasteiger charge is 2.37. The predicted octanol–water partition coefficient (Wildman–Crippen LogP) is 4.14. The first-order valence-corrected chi connectivity index (χ1v) is 6.21. The Morgan fingerprint density at radius 2 is 1.58 bits per heavy atom. The van der Waals surface area contributed by atoms with Gasteiger partial charge in [0.15, 0.2) is 0 Å². The lowest BCUT2D eigenvalue weighted by atomic mass is 10.0. The third kappa shape index (κ3) is 4.15. The van der Waals surface area contributed by atoms with Gasteiger partial charge >= 0.3 is 18.3 Å². The quantitative estimate of drug-likeness (QED) is 0.669. The van der Waals surface area contributed by atoms with Crippen LogP contribution in [0.5, 0.6) is 0 Å². The van der Waals surface area contributed by atoms with Crippen LogP contribution in [0, 0.1) is 0 Å². The second kappa shape index (κ2) is 6.02. The molecule has 24 heavy (non-hydrogen) atoms. The number of halogens is 6. The first-order valence-electron chi connectivity index (χ1n) is 6.21. The minimum Gasteiger partial charge on any atom is -0.478 e. The second-order valence-corrected chi connectivity index (χ2v) is 4.65. The molecule has 1 N–H and O–H groups in total. The number of rotatable bonds is 3. The van der Waals surface area contributed by atoms with Crippen molar-refractivity contribution in [2.24, 2.45) is 0 Å². The standard InChI is InChI=1S/C14H8F6N2O2/c15-13(16,17)9-3-8(4-10(5-9)14(18,19)20)11-6-22(7-21-11)2-1-12(23)24/h1-7H,(H,23,24)/b2-1-. The van der Waals surface area contributed by atoms with Gasteiger partial charge in [0.1, 0.15) is 0 Å². The van der Waals surface area contributed by atoms with Gasteiger partial charge in [0.05, 0.1) is 23.1 Å². The van der Waals surface area contributed by atoms with Crippen LogP contribution in [0.3, 0.4) is 0 Å². The van der Waals surface area contributed by atoms with Crippen molar-refractivity contribution in [1.82, 2.24) is 9.55 Å². The summed E-state index contributed by atoms with van der Waals surface area (Å²) in [6.45, 7) is 0. The Morgan fingerprint density at radius 1 is 1.04 bits per heavy atom. The number of hydrogen-bond donors (Lipinski definition) is 1. The highest BCUT2D eigenvalue weighted by molar-refractivity contribution is 5.83. The average molecular weight is 350 g/mol. The van der Waals surface area contributed by atoms with Crippen LogP contribution in [0.2, 0.25) is 0 Å². The molecule has 10 heteroatoms. The van der Waals surface area contributed by atoms with Gasteiger partial charge in [-0.1, -0.05) is 0 Å². The maximum Gasteiger partial charge on any atom is 0.416 e. The van der Waals surface area contributed by atoms with Crippen molar-refractivity contribution in [2.75, 3.05) is 0 Å². The van der Waals surface area contributed by atoms with E-state index in [0.29, 0.717) is 12.1 Å². The summed E-state index contributed by atoms with van der Waals surface area (Å²) in [6.07, 6.45) is -5.98. The smallest absolute Gasteiger partial charge is 0.416 e. The van der Waals surface area contributed by atoms with Crippen LogP contribution >= 0.6 is 0 Å². The topological polar surface area (TPSA) is 55.1 Å². The fraction of sp³-hybridized carbons (Fsp3) is 0.143. The third-order valence-corrected chi connectivity index (χ3v) is 2.87. The van der Waals surface area contributed by atoms with Crippen LogP contribution in [-0.2, 0) is 17.1 Å². The van der Waals surface area contributed by atoms with Crippen molar-refractivity contribution in [3.63, 3.8) is 0 Å². The van der Waals surface area contributed by atoms with Gasteiger partial charge in [-0.2, -0.15) is 26.3 Å². The molecule has 4 nitrogen and oxygen atoms in total. The summed E-state index contributed by atoms with van der Waals surface area (Å²) < 4.78 is 77.9. The highest BCUT2D eigenvalue weighted by atomic mass is 19.4. The van der Waals surface area contributed by atoms with E-state index in [-0.39, 0.29) is 17.3 Å². The van der Waals surface area contributed by atoms with Crippen LogP contribution in [0.4, 0.5) is 26.3 Å². The van der Waals surface area contributed by atoms with Gasteiger partial charge in [0, 0.05) is 24.0 Å². The van der Waals surface area contributed by atoms with E-state index in [2.05, 4.69) is 4.98 Å². The number of nitrogens with zero attached hydrogens (tertiary/aromatic N) is 2. The molecule has 0 radical (unpaired) electrons. The number of hydrogen-bond acceptors (Lipinski definition) is 2. The summed E-state index contributed by atoms with van der Waals surface area (Å²) in [5.74, 6) is -1.27. The molecule has 0 fully saturated rings. The number of benzene rings is 1. The molecule has 0 unspecified atom stereocenters. The van der Waals surface area contributed by atoms with E-state index in [0.717, 1.165) is 29.4 Å². The predicted molar refractivity (Wildman–Crippen MR) is 70.6 cm³/mol. The Kier molecular flexibility index (Phi) is 4.41. The molecule has 128 valence electrons. The molecule has 1 aromatic heterocycles. The number of carboxylic acids is 1. The van der Waals surface area contributed by atoms with E-state index in [1.165, 1.54) is 0 Å². The Labute approximate surface area is 130 Å². The lowest BCUT2D eigenvalue weighted by Crippen LogP contribution is -2.11. The summed E-state index contributed by atoms with van der Waals surface area (Å²) in [5, 5.41) is 8.48. The number of aliphatic carboxylic acids is 1. The minimum atomic E-state index is -4.96. The molecule has 0 aliphatic carbocycles. The average Bonchev–Trinajstić information content (AvgIpc) is 2.91. The van der Waals surface area contributed by atoms with Crippen molar-refractivity contribution in [1.29, 1.82) is 0 Å². The Bertz CT molecular complexity index is 757. The molecule has 0 saturated heterocycles. The normalized spacial score (nSPS) is 12.8. The van der Waals surface area contributed by atoms with Crippen LogP contribution in [-0.4, -0.2) is 20.6 Å². The van der Waals surface area contributed by atoms with Crippen molar-refractivity contribution in [2.45, 2.75) is 12.4 Å². The molecule has 1 heterocycles. The molecule has 0 aliphatic heterocycles. The molecule has 2 aromatic rings. The number of imidazole rings is 1. The number of carboxylic acid groups (broad SMARTS) is 1. The minimum absolute atomic E-state index is 0.0187. The Balaban J connectivity index is 2.52. The molecular formula is C14H8F6N2O2. The largest absolute Gasteiger partial charge is 0.478 e. The SMILES string of the molecule is O=C(O)/C=C\n1cnc(-c2cc(C(F)(F)F)cc(C(F)(F)F)c2)c1. The molecule has 0 saturated carbocycles. The molecule has 0 aliphatic rings. The molecule has 0 amide bonds. The fourth-order valence-corrected chi connectivity index (χ4v) is 1.82. The summed E-state index contributed by atoms with van der Waals surface area (Å²) in [4.78, 5) is 14.1. The summed E-state index contributed by atoms with van der Waals surface area (Å²) in [5.41, 5.74) is -3.47. The van der Waals surface area contributed by atoms with Crippen molar-refractivity contribution in [3.8, 4) is 11.3 Å². The molecular weight excluding hydrogens is 342 g/mol. The van der Waals surface area contributed by atoms with Gasteiger partial charge in [0.25, 0.3) is 0 Å². The van der Waals surface area contributed by atoms with Gasteiger partial charge in [-0.3, -0.25) is 0 Å². The van der Waals surface area contributed by atoms with Gasteiger partial charge < -0.3 is 9.67 Å². The van der Waals surface area contributed by atoms with E-state index < -0.39 is 29.4 Å². The highest BCUT2D eigenvalue weighted by Crippen LogP contribution is 2.38. The second-order valence-electron chi connectivity index (χ2n) is 4.65. The molecule has 0 atom stereocenters. The fourth-order valence-electron chi connectivity index (χ4n) is 1.82. The van der Waals surface area contributed by atoms with Crippen LogP contribution in [0.1, 0.15) is 11.1 Å². The summed E-state index contributed by atoms with van der Waals surface area (Å²) in [6, 6.07) is 1.11. The Hall–Kier alpha value is -2.78. The maximum absolute atomic E-state index is 12.8. The lowest BCUT2D eigenvalue weighted by molar-refractivity contribution is -0.143. The zero-order chi connectivity index (χ0) is 18.1. The zero-order valence-electron chi connectivity index (χ0n) is 11.6. The van der Waals surface area contributed by atoms with Crippen LogP contribution in [0.15, 0.2) is 36.8 Å². The number of carbonyl (C=O) groups is 1. The molecule has 2 rings (SSSR count). The van der Waals surface area contributed by atoms with E-state index in [4.69, 9.17) is 5.11 Å². The maximum atomic E-state index is 12.8. The first kappa shape index (κ1) is 17.6. The molecule has 0 spiro atoms. The van der Waals surface area contributed by atoms with Gasteiger partial charge in [0.2, 0.25) is 0 Å². The van der Waals surface area contributed by atoms with Gasteiger partial charge in [-0.15, -0.1) is 0 Å². The molecule has 0 bridgehead atoms. The third-order valence-electron chi connectivity index (χ3n) is 2.87. The Morgan fingerprint density at radius 3 is 2.04 bits per heavy atom.